The minimum Gasteiger partial charge on any atom is -0.376 e. The van der Waals surface area contributed by atoms with Gasteiger partial charge in [0.25, 0.3) is 0 Å². The zero-order chi connectivity index (χ0) is 13.7. The molecule has 0 saturated carbocycles. The molecular formula is C13H15Br2NO3. The maximum atomic E-state index is 11.7. The van der Waals surface area contributed by atoms with E-state index in [0.717, 1.165) is 34.1 Å². The number of nitrogens with one attached hydrogen (secondary N) is 1. The first-order valence-corrected chi connectivity index (χ1v) is 7.68. The van der Waals surface area contributed by atoms with Gasteiger partial charge in [-0.3, -0.25) is 4.79 Å². The minimum atomic E-state index is -0.166. The fourth-order valence-corrected chi connectivity index (χ4v) is 2.98. The first kappa shape index (κ1) is 15.0. The zero-order valence-corrected chi connectivity index (χ0v) is 13.5. The van der Waals surface area contributed by atoms with Gasteiger partial charge in [-0.15, -0.1) is 0 Å². The lowest BCUT2D eigenvalue weighted by atomic mass is 10.2. The fourth-order valence-electron chi connectivity index (χ4n) is 1.84. The number of hydrogen-bond acceptors (Lipinski definition) is 3. The van der Waals surface area contributed by atoms with Crippen LogP contribution in [0.25, 0.3) is 0 Å². The van der Waals surface area contributed by atoms with Crippen LogP contribution in [0.3, 0.4) is 0 Å². The number of rotatable bonds is 5. The summed E-state index contributed by atoms with van der Waals surface area (Å²) in [7, 11) is 0. The molecule has 19 heavy (non-hydrogen) atoms. The summed E-state index contributed by atoms with van der Waals surface area (Å²) in [6.07, 6.45) is 2.23. The first-order valence-electron chi connectivity index (χ1n) is 6.09. The molecule has 0 bridgehead atoms. The van der Waals surface area contributed by atoms with Crippen LogP contribution in [0, 0.1) is 0 Å². The Morgan fingerprint density at radius 2 is 2.32 bits per heavy atom. The molecule has 1 aliphatic heterocycles. The molecule has 1 atom stereocenters. The van der Waals surface area contributed by atoms with E-state index in [2.05, 4.69) is 37.2 Å². The van der Waals surface area contributed by atoms with Crippen LogP contribution in [-0.2, 0) is 14.3 Å². The van der Waals surface area contributed by atoms with Gasteiger partial charge in [0.2, 0.25) is 5.91 Å². The standard InChI is InChI=1S/C13H15Br2NO3/c14-9-3-4-12(11(15)6-9)16-13(17)8-18-7-10-2-1-5-19-10/h3-4,6,10H,1-2,5,7-8H2,(H,16,17). The van der Waals surface area contributed by atoms with E-state index in [1.165, 1.54) is 0 Å². The van der Waals surface area contributed by atoms with E-state index in [1.54, 1.807) is 0 Å². The van der Waals surface area contributed by atoms with E-state index in [9.17, 15) is 4.79 Å². The Balaban J connectivity index is 1.74. The Morgan fingerprint density at radius 1 is 1.47 bits per heavy atom. The molecule has 1 aliphatic rings. The molecular weight excluding hydrogens is 378 g/mol. The van der Waals surface area contributed by atoms with Crippen molar-refractivity contribution < 1.29 is 14.3 Å². The number of benzene rings is 1. The molecule has 1 heterocycles. The first-order chi connectivity index (χ1) is 9.15. The molecule has 1 unspecified atom stereocenters. The number of carbonyl (C=O) groups excluding carboxylic acids is 1. The summed E-state index contributed by atoms with van der Waals surface area (Å²) in [4.78, 5) is 11.7. The molecule has 0 spiro atoms. The summed E-state index contributed by atoms with van der Waals surface area (Å²) in [5, 5.41) is 2.79. The van der Waals surface area contributed by atoms with Crippen molar-refractivity contribution in [3.05, 3.63) is 27.1 Å². The lowest BCUT2D eigenvalue weighted by molar-refractivity contribution is -0.121. The van der Waals surface area contributed by atoms with E-state index >= 15 is 0 Å². The van der Waals surface area contributed by atoms with Gasteiger partial charge in [0, 0.05) is 15.6 Å². The van der Waals surface area contributed by atoms with Crippen molar-refractivity contribution in [1.29, 1.82) is 0 Å². The number of hydrogen-bond donors (Lipinski definition) is 1. The highest BCUT2D eigenvalue weighted by Gasteiger charge is 2.16. The molecule has 1 saturated heterocycles. The third-order valence-electron chi connectivity index (χ3n) is 2.77. The molecule has 0 radical (unpaired) electrons. The molecule has 1 aromatic rings. The highest BCUT2D eigenvalue weighted by atomic mass is 79.9. The normalized spacial score (nSPS) is 18.5. The minimum absolute atomic E-state index is 0.0440. The van der Waals surface area contributed by atoms with Crippen LogP contribution in [0.5, 0.6) is 0 Å². The summed E-state index contributed by atoms with van der Waals surface area (Å²) in [6.45, 7) is 1.32. The molecule has 6 heteroatoms. The van der Waals surface area contributed by atoms with Gasteiger partial charge in [-0.1, -0.05) is 15.9 Å². The molecule has 104 valence electrons. The third kappa shape index (κ3) is 4.87. The van der Waals surface area contributed by atoms with Crippen LogP contribution in [0.1, 0.15) is 12.8 Å². The Labute approximate surface area is 129 Å². The van der Waals surface area contributed by atoms with Crippen LogP contribution in [0.15, 0.2) is 27.1 Å². The van der Waals surface area contributed by atoms with Crippen LogP contribution in [0.4, 0.5) is 5.69 Å². The second kappa shape index (κ2) is 7.38. The fraction of sp³-hybridized carbons (Fsp3) is 0.462. The second-order valence-electron chi connectivity index (χ2n) is 4.32. The number of amides is 1. The Kier molecular flexibility index (Phi) is 5.81. The van der Waals surface area contributed by atoms with E-state index < -0.39 is 0 Å². The summed E-state index contributed by atoms with van der Waals surface area (Å²) in [5.41, 5.74) is 0.730. The maximum absolute atomic E-state index is 11.7. The van der Waals surface area contributed by atoms with Gasteiger partial charge in [-0.2, -0.15) is 0 Å². The number of halogens is 2. The van der Waals surface area contributed by atoms with Crippen LogP contribution >= 0.6 is 31.9 Å². The van der Waals surface area contributed by atoms with Gasteiger partial charge in [-0.25, -0.2) is 0 Å². The van der Waals surface area contributed by atoms with Gasteiger partial charge in [0.15, 0.2) is 0 Å². The molecule has 4 nitrogen and oxygen atoms in total. The zero-order valence-electron chi connectivity index (χ0n) is 10.3. The SMILES string of the molecule is O=C(COCC1CCCO1)Nc1ccc(Br)cc1Br. The molecule has 1 N–H and O–H groups in total. The van der Waals surface area contributed by atoms with Gasteiger partial charge >= 0.3 is 0 Å². The molecule has 0 aromatic heterocycles. The third-order valence-corrected chi connectivity index (χ3v) is 3.92. The molecule has 1 amide bonds. The lowest BCUT2D eigenvalue weighted by Gasteiger charge is -2.11. The topological polar surface area (TPSA) is 47.6 Å². The Bertz CT molecular complexity index is 448. The highest BCUT2D eigenvalue weighted by molar-refractivity contribution is 9.11. The van der Waals surface area contributed by atoms with E-state index in [4.69, 9.17) is 9.47 Å². The maximum Gasteiger partial charge on any atom is 0.250 e. The van der Waals surface area contributed by atoms with Crippen molar-refractivity contribution in [2.45, 2.75) is 18.9 Å². The molecule has 0 aliphatic carbocycles. The molecule has 1 aromatic carbocycles. The predicted molar refractivity (Wildman–Crippen MR) is 80.3 cm³/mol. The van der Waals surface area contributed by atoms with Gasteiger partial charge in [-0.05, 0) is 47.0 Å². The van der Waals surface area contributed by atoms with Crippen LogP contribution in [-0.4, -0.2) is 31.8 Å². The Hall–Kier alpha value is -0.430. The van der Waals surface area contributed by atoms with E-state index in [-0.39, 0.29) is 18.6 Å². The second-order valence-corrected chi connectivity index (χ2v) is 6.09. The summed E-state index contributed by atoms with van der Waals surface area (Å²) in [6, 6.07) is 5.57. The quantitative estimate of drug-likeness (QED) is 0.835. The number of anilines is 1. The van der Waals surface area contributed by atoms with Crippen molar-refractivity contribution in [1.82, 2.24) is 0 Å². The van der Waals surface area contributed by atoms with Crippen molar-refractivity contribution in [2.75, 3.05) is 25.1 Å². The average molecular weight is 393 g/mol. The number of carbonyl (C=O) groups is 1. The lowest BCUT2D eigenvalue weighted by Crippen LogP contribution is -2.22. The smallest absolute Gasteiger partial charge is 0.250 e. The van der Waals surface area contributed by atoms with Gasteiger partial charge < -0.3 is 14.8 Å². The summed E-state index contributed by atoms with van der Waals surface area (Å²) < 4.78 is 12.5. The van der Waals surface area contributed by atoms with Crippen molar-refractivity contribution in [2.24, 2.45) is 0 Å². The van der Waals surface area contributed by atoms with Crippen molar-refractivity contribution in [3.63, 3.8) is 0 Å². The summed E-state index contributed by atoms with van der Waals surface area (Å²) in [5.74, 6) is -0.166. The number of ether oxygens (including phenoxy) is 2. The average Bonchev–Trinajstić information content (AvgIpc) is 2.86. The summed E-state index contributed by atoms with van der Waals surface area (Å²) >= 11 is 6.75. The van der Waals surface area contributed by atoms with Gasteiger partial charge in [0.1, 0.15) is 6.61 Å². The van der Waals surface area contributed by atoms with E-state index in [1.807, 2.05) is 18.2 Å². The molecule has 2 rings (SSSR count). The van der Waals surface area contributed by atoms with E-state index in [0.29, 0.717) is 6.61 Å². The van der Waals surface area contributed by atoms with Crippen molar-refractivity contribution >= 4 is 43.5 Å². The molecule has 1 fully saturated rings. The van der Waals surface area contributed by atoms with Gasteiger partial charge in [0.05, 0.1) is 18.4 Å². The van der Waals surface area contributed by atoms with Crippen molar-refractivity contribution in [3.8, 4) is 0 Å². The van der Waals surface area contributed by atoms with Crippen LogP contribution in [0.2, 0.25) is 0 Å². The predicted octanol–water partition coefficient (Wildman–Crippen LogP) is 3.35. The highest BCUT2D eigenvalue weighted by Crippen LogP contribution is 2.26. The van der Waals surface area contributed by atoms with Crippen LogP contribution < -0.4 is 5.32 Å². The Morgan fingerprint density at radius 3 is 3.00 bits per heavy atom. The monoisotopic (exact) mass is 391 g/mol. The largest absolute Gasteiger partial charge is 0.376 e.